The molecule has 0 spiro atoms. The maximum atomic E-state index is 12.9. The second kappa shape index (κ2) is 7.42. The zero-order valence-corrected chi connectivity index (χ0v) is 14.7. The standard InChI is InChI=1S/C16H16F6N2OS/c1-3-6-26(25)13-7-11(5-4-10(13)2)12-8-14(16(20,21)22)23-24(12)9-15(17,18)19/h4-5,7-8H,3,6,9H2,1-2H3. The highest BCUT2D eigenvalue weighted by atomic mass is 32.2. The van der Waals surface area contributed by atoms with Gasteiger partial charge in [-0.05, 0) is 31.0 Å². The van der Waals surface area contributed by atoms with Crippen LogP contribution in [0.3, 0.4) is 0 Å². The number of nitrogens with zero attached hydrogens (tertiary/aromatic N) is 2. The minimum Gasteiger partial charge on any atom is -0.255 e. The van der Waals surface area contributed by atoms with Crippen LogP contribution in [-0.2, 0) is 23.5 Å². The highest BCUT2D eigenvalue weighted by Crippen LogP contribution is 2.34. The van der Waals surface area contributed by atoms with Crippen molar-refractivity contribution in [3.8, 4) is 11.3 Å². The highest BCUT2D eigenvalue weighted by molar-refractivity contribution is 7.85. The van der Waals surface area contributed by atoms with E-state index in [1.54, 1.807) is 6.92 Å². The summed E-state index contributed by atoms with van der Waals surface area (Å²) in [5, 5.41) is 3.07. The Labute approximate surface area is 148 Å². The number of hydrogen-bond donors (Lipinski definition) is 0. The number of rotatable bonds is 5. The van der Waals surface area contributed by atoms with Crippen molar-refractivity contribution in [1.82, 2.24) is 9.78 Å². The van der Waals surface area contributed by atoms with Gasteiger partial charge in [0.2, 0.25) is 0 Å². The van der Waals surface area contributed by atoms with Crippen molar-refractivity contribution in [2.24, 2.45) is 0 Å². The van der Waals surface area contributed by atoms with Gasteiger partial charge in [-0.1, -0.05) is 19.1 Å². The van der Waals surface area contributed by atoms with Crippen LogP contribution >= 0.6 is 0 Å². The lowest BCUT2D eigenvalue weighted by atomic mass is 10.1. The van der Waals surface area contributed by atoms with Crippen molar-refractivity contribution >= 4 is 10.8 Å². The van der Waals surface area contributed by atoms with Crippen LogP contribution in [0.2, 0.25) is 0 Å². The van der Waals surface area contributed by atoms with E-state index in [1.807, 2.05) is 6.92 Å². The minimum atomic E-state index is -4.87. The van der Waals surface area contributed by atoms with Crippen molar-refractivity contribution in [3.05, 3.63) is 35.5 Å². The Kier molecular flexibility index (Phi) is 5.84. The molecule has 2 aromatic rings. The third kappa shape index (κ3) is 4.87. The predicted octanol–water partition coefficient (Wildman–Crippen LogP) is 4.96. The molecule has 10 heteroatoms. The Morgan fingerprint density at radius 1 is 1.12 bits per heavy atom. The third-order valence-corrected chi connectivity index (χ3v) is 5.23. The molecular weight excluding hydrogens is 382 g/mol. The van der Waals surface area contributed by atoms with Crippen molar-refractivity contribution < 1.29 is 30.6 Å². The molecule has 0 bridgehead atoms. The maximum absolute atomic E-state index is 12.9. The van der Waals surface area contributed by atoms with Gasteiger partial charge in [-0.2, -0.15) is 31.4 Å². The summed E-state index contributed by atoms with van der Waals surface area (Å²) in [5.74, 6) is 0.347. The van der Waals surface area contributed by atoms with Gasteiger partial charge in [0.1, 0.15) is 6.54 Å². The van der Waals surface area contributed by atoms with Gasteiger partial charge >= 0.3 is 12.4 Å². The smallest absolute Gasteiger partial charge is 0.255 e. The maximum Gasteiger partial charge on any atom is 0.435 e. The van der Waals surface area contributed by atoms with Crippen LogP contribution in [0.5, 0.6) is 0 Å². The van der Waals surface area contributed by atoms with E-state index >= 15 is 0 Å². The molecule has 26 heavy (non-hydrogen) atoms. The quantitative estimate of drug-likeness (QED) is 0.668. The van der Waals surface area contributed by atoms with E-state index < -0.39 is 35.4 Å². The number of halogens is 6. The molecule has 0 aliphatic heterocycles. The van der Waals surface area contributed by atoms with Crippen LogP contribution in [0, 0.1) is 6.92 Å². The largest absolute Gasteiger partial charge is 0.435 e. The molecule has 1 heterocycles. The fourth-order valence-corrected chi connectivity index (χ4v) is 3.65. The number of aryl methyl sites for hydroxylation is 1. The Hall–Kier alpha value is -1.84. The van der Waals surface area contributed by atoms with Crippen molar-refractivity contribution in [2.45, 2.75) is 44.1 Å². The topological polar surface area (TPSA) is 34.9 Å². The second-order valence-electron chi connectivity index (χ2n) is 5.72. The fraction of sp³-hybridized carbons (Fsp3) is 0.438. The van der Waals surface area contributed by atoms with E-state index in [0.717, 1.165) is 0 Å². The molecule has 0 saturated carbocycles. The van der Waals surface area contributed by atoms with Gasteiger partial charge in [0.15, 0.2) is 5.69 Å². The molecule has 0 amide bonds. The van der Waals surface area contributed by atoms with Gasteiger partial charge in [0.25, 0.3) is 0 Å². The number of aromatic nitrogens is 2. The molecule has 0 saturated heterocycles. The number of alkyl halides is 6. The molecule has 0 fully saturated rings. The first-order valence-electron chi connectivity index (χ1n) is 7.63. The Morgan fingerprint density at radius 3 is 2.31 bits per heavy atom. The zero-order valence-electron chi connectivity index (χ0n) is 13.9. The van der Waals surface area contributed by atoms with Crippen LogP contribution < -0.4 is 0 Å². The molecule has 144 valence electrons. The summed E-state index contributed by atoms with van der Waals surface area (Å²) in [7, 11) is -1.39. The predicted molar refractivity (Wildman–Crippen MR) is 85.0 cm³/mol. The normalized spacial score (nSPS) is 13.8. The van der Waals surface area contributed by atoms with Gasteiger partial charge in [-0.15, -0.1) is 0 Å². The molecule has 2 rings (SSSR count). The average Bonchev–Trinajstić information content (AvgIpc) is 2.90. The van der Waals surface area contributed by atoms with Gasteiger partial charge in [-0.25, -0.2) is 0 Å². The molecule has 3 nitrogen and oxygen atoms in total. The van der Waals surface area contributed by atoms with Crippen molar-refractivity contribution in [3.63, 3.8) is 0 Å². The van der Waals surface area contributed by atoms with E-state index in [4.69, 9.17) is 0 Å². The summed E-state index contributed by atoms with van der Waals surface area (Å²) in [6, 6.07) is 4.86. The molecule has 1 aromatic carbocycles. The fourth-order valence-electron chi connectivity index (χ4n) is 2.38. The van der Waals surface area contributed by atoms with Crippen molar-refractivity contribution in [2.75, 3.05) is 5.75 Å². The Bertz CT molecular complexity index is 810. The van der Waals surface area contributed by atoms with Crippen LogP contribution in [-0.4, -0.2) is 25.9 Å². The van der Waals surface area contributed by atoms with E-state index in [9.17, 15) is 30.6 Å². The third-order valence-electron chi connectivity index (χ3n) is 3.52. The minimum absolute atomic E-state index is 0.0994. The molecule has 0 N–H and O–H groups in total. The van der Waals surface area contributed by atoms with Gasteiger partial charge in [-0.3, -0.25) is 8.89 Å². The number of hydrogen-bond acceptors (Lipinski definition) is 2. The van der Waals surface area contributed by atoms with Gasteiger partial charge in [0, 0.05) is 16.2 Å². The molecule has 1 atom stereocenters. The second-order valence-corrected chi connectivity index (χ2v) is 7.25. The van der Waals surface area contributed by atoms with Crippen LogP contribution in [0.25, 0.3) is 11.3 Å². The number of benzene rings is 1. The van der Waals surface area contributed by atoms with Crippen LogP contribution in [0.1, 0.15) is 24.6 Å². The summed E-state index contributed by atoms with van der Waals surface area (Å²) in [4.78, 5) is 0.387. The lowest BCUT2D eigenvalue weighted by Crippen LogP contribution is -2.20. The molecule has 1 aromatic heterocycles. The lowest BCUT2D eigenvalue weighted by Gasteiger charge is -2.12. The van der Waals surface area contributed by atoms with Gasteiger partial charge < -0.3 is 0 Å². The molecule has 0 radical (unpaired) electrons. The van der Waals surface area contributed by atoms with Crippen LogP contribution in [0.15, 0.2) is 29.2 Å². The molecule has 0 aliphatic rings. The van der Waals surface area contributed by atoms with Crippen LogP contribution in [0.4, 0.5) is 26.3 Å². The Balaban J connectivity index is 2.58. The SMILES string of the molecule is CCCS(=O)c1cc(-c2cc(C(F)(F)F)nn2CC(F)(F)F)ccc1C. The first-order valence-corrected chi connectivity index (χ1v) is 8.95. The van der Waals surface area contributed by atoms with E-state index in [0.29, 0.717) is 28.7 Å². The summed E-state index contributed by atoms with van der Waals surface area (Å²) in [6.07, 6.45) is -8.98. The Morgan fingerprint density at radius 2 is 1.77 bits per heavy atom. The van der Waals surface area contributed by atoms with E-state index in [1.165, 1.54) is 18.2 Å². The lowest BCUT2D eigenvalue weighted by molar-refractivity contribution is -0.148. The monoisotopic (exact) mass is 398 g/mol. The molecule has 1 unspecified atom stereocenters. The average molecular weight is 398 g/mol. The molecule has 0 aliphatic carbocycles. The summed E-state index contributed by atoms with van der Waals surface area (Å²) >= 11 is 0. The van der Waals surface area contributed by atoms with E-state index in [-0.39, 0.29) is 15.9 Å². The highest BCUT2D eigenvalue weighted by Gasteiger charge is 2.37. The first-order chi connectivity index (χ1) is 11.9. The summed E-state index contributed by atoms with van der Waals surface area (Å²) in [5.41, 5.74) is -0.987. The summed E-state index contributed by atoms with van der Waals surface area (Å²) < 4.78 is 89.4. The first kappa shape index (κ1) is 20.5. The van der Waals surface area contributed by atoms with Gasteiger partial charge in [0.05, 0.1) is 16.5 Å². The van der Waals surface area contributed by atoms with E-state index in [2.05, 4.69) is 5.10 Å². The summed E-state index contributed by atoms with van der Waals surface area (Å²) in [6.45, 7) is 1.85. The van der Waals surface area contributed by atoms with Crippen molar-refractivity contribution in [1.29, 1.82) is 0 Å². The zero-order chi connectivity index (χ0) is 19.7. The molecular formula is C16H16F6N2OS.